The third kappa shape index (κ3) is 4.88. The van der Waals surface area contributed by atoms with Gasteiger partial charge in [0.05, 0.1) is 6.42 Å². The van der Waals surface area contributed by atoms with E-state index in [0.29, 0.717) is 24.6 Å². The van der Waals surface area contributed by atoms with Gasteiger partial charge < -0.3 is 10.6 Å². The molecule has 0 bridgehead atoms. The Bertz CT molecular complexity index is 832. The lowest BCUT2D eigenvalue weighted by Crippen LogP contribution is -2.15. The molecule has 25 heavy (non-hydrogen) atoms. The Labute approximate surface area is 147 Å². The Morgan fingerprint density at radius 2 is 1.56 bits per heavy atom. The highest BCUT2D eigenvalue weighted by Gasteiger charge is 2.05. The first kappa shape index (κ1) is 16.6. The summed E-state index contributed by atoms with van der Waals surface area (Å²) in [6.07, 6.45) is 0.315. The van der Waals surface area contributed by atoms with Crippen molar-refractivity contribution in [2.24, 2.45) is 0 Å². The molecule has 0 radical (unpaired) electrons. The van der Waals surface area contributed by atoms with Crippen LogP contribution in [-0.4, -0.2) is 16.1 Å². The van der Waals surface area contributed by atoms with Crippen LogP contribution in [0.4, 0.5) is 11.6 Å². The predicted octanol–water partition coefficient (Wildman–Crippen LogP) is 3.58. The number of carbonyl (C=O) groups excluding carboxylic acids is 1. The third-order valence-corrected chi connectivity index (χ3v) is 3.86. The van der Waals surface area contributed by atoms with Gasteiger partial charge in [0.1, 0.15) is 5.82 Å². The fourth-order valence-corrected chi connectivity index (χ4v) is 2.46. The van der Waals surface area contributed by atoms with Crippen LogP contribution in [0.15, 0.2) is 66.7 Å². The molecule has 1 aromatic heterocycles. The highest BCUT2D eigenvalue weighted by molar-refractivity contribution is 5.91. The van der Waals surface area contributed by atoms with Gasteiger partial charge >= 0.3 is 0 Å². The Balaban J connectivity index is 1.53. The van der Waals surface area contributed by atoms with Gasteiger partial charge in [-0.2, -0.15) is 0 Å². The largest absolute Gasteiger partial charge is 0.364 e. The minimum absolute atomic E-state index is 0.110. The minimum Gasteiger partial charge on any atom is -0.364 e. The topological polar surface area (TPSA) is 66.9 Å². The van der Waals surface area contributed by atoms with E-state index in [9.17, 15) is 4.79 Å². The van der Waals surface area contributed by atoms with Crippen molar-refractivity contribution in [2.45, 2.75) is 19.9 Å². The molecule has 3 aromatic rings. The highest BCUT2D eigenvalue weighted by Crippen LogP contribution is 2.11. The molecule has 0 atom stereocenters. The van der Waals surface area contributed by atoms with E-state index in [1.54, 1.807) is 6.07 Å². The quantitative estimate of drug-likeness (QED) is 0.724. The number of anilines is 2. The lowest BCUT2D eigenvalue weighted by atomic mass is 10.1. The second-order valence-electron chi connectivity index (χ2n) is 5.79. The molecule has 0 fully saturated rings. The van der Waals surface area contributed by atoms with Gasteiger partial charge in [-0.05, 0) is 35.7 Å². The molecule has 0 unspecified atom stereocenters. The number of hydrogen-bond acceptors (Lipinski definition) is 4. The number of benzene rings is 2. The summed E-state index contributed by atoms with van der Waals surface area (Å²) in [5.41, 5.74) is 3.40. The maximum absolute atomic E-state index is 12.0. The maximum Gasteiger partial charge on any atom is 0.229 e. The van der Waals surface area contributed by atoms with Gasteiger partial charge in [-0.3, -0.25) is 4.79 Å². The lowest BCUT2D eigenvalue weighted by molar-refractivity contribution is -0.115. The summed E-state index contributed by atoms with van der Waals surface area (Å²) in [6, 6.07) is 21.3. The monoisotopic (exact) mass is 332 g/mol. The van der Waals surface area contributed by atoms with Crippen molar-refractivity contribution < 1.29 is 4.79 Å². The Morgan fingerprint density at radius 3 is 2.28 bits per heavy atom. The van der Waals surface area contributed by atoms with Gasteiger partial charge in [-0.1, -0.05) is 54.6 Å². The van der Waals surface area contributed by atoms with E-state index in [0.717, 1.165) is 5.56 Å². The Kier molecular flexibility index (Phi) is 5.36. The Hall–Kier alpha value is -3.21. The number of amides is 1. The van der Waals surface area contributed by atoms with Gasteiger partial charge in [0.2, 0.25) is 5.91 Å². The normalized spacial score (nSPS) is 10.3. The number of aromatic nitrogens is 2. The van der Waals surface area contributed by atoms with E-state index in [1.165, 1.54) is 11.1 Å². The first-order valence-corrected chi connectivity index (χ1v) is 8.16. The molecule has 0 saturated carbocycles. The van der Waals surface area contributed by atoms with Crippen LogP contribution in [0.2, 0.25) is 0 Å². The summed E-state index contributed by atoms with van der Waals surface area (Å²) in [5, 5.41) is 14.2. The predicted molar refractivity (Wildman–Crippen MR) is 99.3 cm³/mol. The number of nitrogens with one attached hydrogen (secondary N) is 2. The molecule has 2 aromatic carbocycles. The first-order chi connectivity index (χ1) is 12.2. The molecule has 126 valence electrons. The average Bonchev–Trinajstić information content (AvgIpc) is 2.63. The zero-order chi connectivity index (χ0) is 17.5. The van der Waals surface area contributed by atoms with Crippen LogP contribution >= 0.6 is 0 Å². The summed E-state index contributed by atoms with van der Waals surface area (Å²) < 4.78 is 0. The SMILES string of the molecule is Cc1ccccc1CNc1ccc(NC(=O)Cc2ccccc2)nn1. The summed E-state index contributed by atoms with van der Waals surface area (Å²) >= 11 is 0. The molecule has 1 amide bonds. The average molecular weight is 332 g/mol. The minimum atomic E-state index is -0.110. The number of nitrogens with zero attached hydrogens (tertiary/aromatic N) is 2. The summed E-state index contributed by atoms with van der Waals surface area (Å²) in [4.78, 5) is 12.0. The van der Waals surface area contributed by atoms with Crippen molar-refractivity contribution in [2.75, 3.05) is 10.6 Å². The van der Waals surface area contributed by atoms with E-state index in [-0.39, 0.29) is 5.91 Å². The summed E-state index contributed by atoms with van der Waals surface area (Å²) in [7, 11) is 0. The van der Waals surface area contributed by atoms with Gasteiger partial charge in [0.25, 0.3) is 0 Å². The highest BCUT2D eigenvalue weighted by atomic mass is 16.1. The summed E-state index contributed by atoms with van der Waals surface area (Å²) in [6.45, 7) is 2.76. The standard InChI is InChI=1S/C20H20N4O/c1-15-7-5-6-10-17(15)14-21-18-11-12-19(24-23-18)22-20(25)13-16-8-3-2-4-9-16/h2-12H,13-14H2,1H3,(H,21,23)(H,22,24,25). The molecule has 1 heterocycles. The van der Waals surface area contributed by atoms with Crippen LogP contribution in [0.3, 0.4) is 0 Å². The van der Waals surface area contributed by atoms with Crippen LogP contribution in [0.25, 0.3) is 0 Å². The molecular weight excluding hydrogens is 312 g/mol. The maximum atomic E-state index is 12.0. The van der Waals surface area contributed by atoms with E-state index in [4.69, 9.17) is 0 Å². The van der Waals surface area contributed by atoms with Crippen LogP contribution in [-0.2, 0) is 17.8 Å². The summed E-state index contributed by atoms with van der Waals surface area (Å²) in [5.74, 6) is 1.01. The van der Waals surface area contributed by atoms with Crippen molar-refractivity contribution in [1.82, 2.24) is 10.2 Å². The van der Waals surface area contributed by atoms with Crippen molar-refractivity contribution in [3.8, 4) is 0 Å². The zero-order valence-electron chi connectivity index (χ0n) is 14.1. The molecule has 2 N–H and O–H groups in total. The lowest BCUT2D eigenvalue weighted by Gasteiger charge is -2.08. The van der Waals surface area contributed by atoms with Crippen LogP contribution in [0.5, 0.6) is 0 Å². The van der Waals surface area contributed by atoms with Crippen molar-refractivity contribution in [3.05, 3.63) is 83.4 Å². The Morgan fingerprint density at radius 1 is 0.880 bits per heavy atom. The van der Waals surface area contributed by atoms with E-state index < -0.39 is 0 Å². The molecule has 5 heteroatoms. The second kappa shape index (κ2) is 8.06. The van der Waals surface area contributed by atoms with Crippen LogP contribution in [0, 0.1) is 6.92 Å². The molecule has 0 aliphatic rings. The zero-order valence-corrected chi connectivity index (χ0v) is 14.1. The fraction of sp³-hybridized carbons (Fsp3) is 0.150. The smallest absolute Gasteiger partial charge is 0.229 e. The molecule has 5 nitrogen and oxygen atoms in total. The molecule has 0 spiro atoms. The molecule has 3 rings (SSSR count). The van der Waals surface area contributed by atoms with Crippen molar-refractivity contribution in [1.29, 1.82) is 0 Å². The van der Waals surface area contributed by atoms with Gasteiger partial charge in [0, 0.05) is 6.54 Å². The van der Waals surface area contributed by atoms with Gasteiger partial charge in [0.15, 0.2) is 5.82 Å². The van der Waals surface area contributed by atoms with Crippen molar-refractivity contribution in [3.63, 3.8) is 0 Å². The molecule has 0 saturated heterocycles. The van der Waals surface area contributed by atoms with Crippen LogP contribution in [0.1, 0.15) is 16.7 Å². The second-order valence-corrected chi connectivity index (χ2v) is 5.79. The molecular formula is C20H20N4O. The first-order valence-electron chi connectivity index (χ1n) is 8.16. The number of rotatable bonds is 6. The van der Waals surface area contributed by atoms with E-state index >= 15 is 0 Å². The number of carbonyl (C=O) groups is 1. The van der Waals surface area contributed by atoms with Gasteiger partial charge in [-0.25, -0.2) is 0 Å². The third-order valence-electron chi connectivity index (χ3n) is 3.86. The molecule has 0 aliphatic carbocycles. The fourth-order valence-electron chi connectivity index (χ4n) is 2.46. The van der Waals surface area contributed by atoms with Crippen molar-refractivity contribution >= 4 is 17.5 Å². The van der Waals surface area contributed by atoms with Crippen LogP contribution < -0.4 is 10.6 Å². The van der Waals surface area contributed by atoms with E-state index in [2.05, 4.69) is 39.9 Å². The molecule has 0 aliphatic heterocycles. The van der Waals surface area contributed by atoms with Gasteiger partial charge in [-0.15, -0.1) is 10.2 Å². The van der Waals surface area contributed by atoms with E-state index in [1.807, 2.05) is 48.5 Å². The number of hydrogen-bond donors (Lipinski definition) is 2. The number of aryl methyl sites for hydroxylation is 1.